The highest BCUT2D eigenvalue weighted by Gasteiger charge is 2.51. The van der Waals surface area contributed by atoms with Crippen molar-refractivity contribution in [3.63, 3.8) is 0 Å². The van der Waals surface area contributed by atoms with Crippen LogP contribution >= 0.6 is 0 Å². The van der Waals surface area contributed by atoms with Gasteiger partial charge in [-0.05, 0) is 81.7 Å². The standard InChI is InChI=1S/C24H24BFN2O3/c1-23(2)24(3,4)31-25(30-23)18-6-5-7-20(15-18)28-22(29)17-12-13-27-21(14-17)16-8-10-19(26)11-9-16/h5-15H,1-4H3,(H,28,29). The molecule has 31 heavy (non-hydrogen) atoms. The maximum absolute atomic E-state index is 13.2. The Morgan fingerprint density at radius 2 is 1.65 bits per heavy atom. The van der Waals surface area contributed by atoms with E-state index in [0.29, 0.717) is 16.9 Å². The molecule has 7 heteroatoms. The fourth-order valence-corrected chi connectivity index (χ4v) is 3.30. The highest BCUT2D eigenvalue weighted by Crippen LogP contribution is 2.36. The fourth-order valence-electron chi connectivity index (χ4n) is 3.30. The Labute approximate surface area is 181 Å². The molecule has 1 saturated heterocycles. The molecule has 1 N–H and O–H groups in total. The van der Waals surface area contributed by atoms with Gasteiger partial charge in [0.1, 0.15) is 5.82 Å². The Morgan fingerprint density at radius 3 is 2.32 bits per heavy atom. The van der Waals surface area contributed by atoms with Gasteiger partial charge in [-0.1, -0.05) is 12.1 Å². The number of nitrogens with zero attached hydrogens (tertiary/aromatic N) is 1. The molecule has 2 aromatic carbocycles. The van der Waals surface area contributed by atoms with Crippen LogP contribution in [0.25, 0.3) is 11.3 Å². The summed E-state index contributed by atoms with van der Waals surface area (Å²) in [5.41, 5.74) is 2.37. The zero-order valence-electron chi connectivity index (χ0n) is 18.0. The van der Waals surface area contributed by atoms with Crippen LogP contribution in [0, 0.1) is 5.82 Å². The summed E-state index contributed by atoms with van der Waals surface area (Å²) in [6.45, 7) is 8.00. The first kappa shape index (κ1) is 21.2. The quantitative estimate of drug-likeness (QED) is 0.637. The number of benzene rings is 2. The number of aromatic nitrogens is 1. The number of carbonyl (C=O) groups is 1. The molecule has 0 aliphatic carbocycles. The number of hydrogen-bond acceptors (Lipinski definition) is 4. The first-order valence-electron chi connectivity index (χ1n) is 10.1. The summed E-state index contributed by atoms with van der Waals surface area (Å²) < 4.78 is 25.4. The summed E-state index contributed by atoms with van der Waals surface area (Å²) in [6.07, 6.45) is 1.56. The van der Waals surface area contributed by atoms with Crippen LogP contribution in [0.15, 0.2) is 66.9 Å². The van der Waals surface area contributed by atoms with Gasteiger partial charge in [0.15, 0.2) is 0 Å². The van der Waals surface area contributed by atoms with E-state index in [0.717, 1.165) is 11.0 Å². The van der Waals surface area contributed by atoms with Gasteiger partial charge in [-0.15, -0.1) is 0 Å². The molecule has 0 saturated carbocycles. The van der Waals surface area contributed by atoms with Gasteiger partial charge in [-0.2, -0.15) is 0 Å². The average Bonchev–Trinajstić information content (AvgIpc) is 2.96. The molecule has 2 heterocycles. The van der Waals surface area contributed by atoms with Gasteiger partial charge >= 0.3 is 7.12 Å². The molecule has 3 aromatic rings. The molecule has 0 atom stereocenters. The lowest BCUT2D eigenvalue weighted by molar-refractivity contribution is 0.00578. The minimum Gasteiger partial charge on any atom is -0.399 e. The van der Waals surface area contributed by atoms with Crippen molar-refractivity contribution < 1.29 is 18.5 Å². The molecule has 0 unspecified atom stereocenters. The fraction of sp³-hybridized carbons (Fsp3) is 0.250. The van der Waals surface area contributed by atoms with Crippen LogP contribution in [-0.4, -0.2) is 29.2 Å². The number of rotatable bonds is 4. The molecule has 158 valence electrons. The third-order valence-electron chi connectivity index (χ3n) is 5.83. The summed E-state index contributed by atoms with van der Waals surface area (Å²) >= 11 is 0. The van der Waals surface area contributed by atoms with Gasteiger partial charge in [0.2, 0.25) is 0 Å². The maximum Gasteiger partial charge on any atom is 0.494 e. The van der Waals surface area contributed by atoms with Crippen molar-refractivity contribution in [3.05, 3.63) is 78.2 Å². The summed E-state index contributed by atoms with van der Waals surface area (Å²) in [4.78, 5) is 17.1. The van der Waals surface area contributed by atoms with Crippen LogP contribution in [0.3, 0.4) is 0 Å². The number of amides is 1. The van der Waals surface area contributed by atoms with E-state index in [1.165, 1.54) is 12.1 Å². The summed E-state index contributed by atoms with van der Waals surface area (Å²) in [5.74, 6) is -0.587. The molecule has 0 radical (unpaired) electrons. The third-order valence-corrected chi connectivity index (χ3v) is 5.83. The van der Waals surface area contributed by atoms with Gasteiger partial charge in [-0.3, -0.25) is 9.78 Å². The van der Waals surface area contributed by atoms with Crippen molar-refractivity contribution in [2.24, 2.45) is 0 Å². The maximum atomic E-state index is 13.2. The summed E-state index contributed by atoms with van der Waals surface area (Å²) in [5, 5.41) is 2.91. The van der Waals surface area contributed by atoms with Crippen LogP contribution in [0.2, 0.25) is 0 Å². The van der Waals surface area contributed by atoms with Crippen molar-refractivity contribution >= 4 is 24.2 Å². The lowest BCUT2D eigenvalue weighted by Gasteiger charge is -2.32. The van der Waals surface area contributed by atoms with E-state index in [9.17, 15) is 9.18 Å². The minimum atomic E-state index is -0.507. The Hall–Kier alpha value is -3.03. The molecular weight excluding hydrogens is 394 g/mol. The lowest BCUT2D eigenvalue weighted by atomic mass is 9.79. The Balaban J connectivity index is 1.52. The minimum absolute atomic E-state index is 0.267. The Morgan fingerprint density at radius 1 is 0.968 bits per heavy atom. The van der Waals surface area contributed by atoms with Gasteiger partial charge < -0.3 is 14.6 Å². The van der Waals surface area contributed by atoms with Gasteiger partial charge in [-0.25, -0.2) is 4.39 Å². The summed E-state index contributed by atoms with van der Waals surface area (Å²) in [7, 11) is -0.507. The zero-order valence-corrected chi connectivity index (χ0v) is 18.0. The van der Waals surface area contributed by atoms with E-state index in [4.69, 9.17) is 9.31 Å². The predicted molar refractivity (Wildman–Crippen MR) is 120 cm³/mol. The second-order valence-electron chi connectivity index (χ2n) is 8.60. The van der Waals surface area contributed by atoms with Gasteiger partial charge in [0, 0.05) is 23.0 Å². The van der Waals surface area contributed by atoms with Crippen molar-refractivity contribution in [1.82, 2.24) is 4.98 Å². The molecule has 1 aliphatic heterocycles. The van der Waals surface area contributed by atoms with E-state index in [1.807, 2.05) is 52.0 Å². The molecule has 1 aromatic heterocycles. The van der Waals surface area contributed by atoms with Gasteiger partial charge in [0.25, 0.3) is 5.91 Å². The molecule has 4 rings (SSSR count). The lowest BCUT2D eigenvalue weighted by Crippen LogP contribution is -2.41. The monoisotopic (exact) mass is 418 g/mol. The molecule has 1 amide bonds. The van der Waals surface area contributed by atoms with Crippen LogP contribution in [-0.2, 0) is 9.31 Å². The second-order valence-corrected chi connectivity index (χ2v) is 8.60. The van der Waals surface area contributed by atoms with E-state index in [-0.39, 0.29) is 11.7 Å². The zero-order chi connectivity index (χ0) is 22.2. The van der Waals surface area contributed by atoms with Crippen LogP contribution in [0.5, 0.6) is 0 Å². The highest BCUT2D eigenvalue weighted by atomic mass is 19.1. The van der Waals surface area contributed by atoms with Crippen molar-refractivity contribution in [2.45, 2.75) is 38.9 Å². The number of halogens is 1. The molecule has 0 bridgehead atoms. The van der Waals surface area contributed by atoms with Crippen LogP contribution < -0.4 is 10.8 Å². The second kappa shape index (κ2) is 7.91. The average molecular weight is 418 g/mol. The first-order chi connectivity index (χ1) is 14.6. The van der Waals surface area contributed by atoms with Crippen LogP contribution in [0.1, 0.15) is 38.1 Å². The Kier molecular flexibility index (Phi) is 5.41. The van der Waals surface area contributed by atoms with Gasteiger partial charge in [0.05, 0.1) is 16.9 Å². The molecule has 0 spiro atoms. The normalized spacial score (nSPS) is 16.9. The van der Waals surface area contributed by atoms with Crippen molar-refractivity contribution in [3.8, 4) is 11.3 Å². The van der Waals surface area contributed by atoms with E-state index < -0.39 is 18.3 Å². The topological polar surface area (TPSA) is 60.5 Å². The van der Waals surface area contributed by atoms with E-state index in [1.54, 1.807) is 30.5 Å². The van der Waals surface area contributed by atoms with E-state index in [2.05, 4.69) is 10.3 Å². The van der Waals surface area contributed by atoms with Crippen LogP contribution in [0.4, 0.5) is 10.1 Å². The smallest absolute Gasteiger partial charge is 0.399 e. The number of carbonyl (C=O) groups excluding carboxylic acids is 1. The van der Waals surface area contributed by atoms with Crippen molar-refractivity contribution in [2.75, 3.05) is 5.32 Å². The number of anilines is 1. The molecule has 5 nitrogen and oxygen atoms in total. The largest absolute Gasteiger partial charge is 0.494 e. The Bertz CT molecular complexity index is 1100. The molecular formula is C24H24BFN2O3. The third kappa shape index (κ3) is 4.38. The number of nitrogens with one attached hydrogen (secondary N) is 1. The molecule has 1 aliphatic rings. The molecule has 1 fully saturated rings. The number of pyridine rings is 1. The van der Waals surface area contributed by atoms with Crippen molar-refractivity contribution in [1.29, 1.82) is 0 Å². The first-order valence-corrected chi connectivity index (χ1v) is 10.1. The van der Waals surface area contributed by atoms with E-state index >= 15 is 0 Å². The number of hydrogen-bond donors (Lipinski definition) is 1. The predicted octanol–water partition coefficient (Wildman–Crippen LogP) is 4.44. The summed E-state index contributed by atoms with van der Waals surface area (Å²) in [6, 6.07) is 16.7. The SMILES string of the molecule is CC1(C)OB(c2cccc(NC(=O)c3ccnc(-c4ccc(F)cc4)c3)c2)OC1(C)C. The highest BCUT2D eigenvalue weighted by molar-refractivity contribution is 6.62.